The number of ether oxygens (including phenoxy) is 1. The van der Waals surface area contributed by atoms with Crippen LogP contribution in [0.1, 0.15) is 29.2 Å². The molecule has 2 aromatic rings. The van der Waals surface area contributed by atoms with Gasteiger partial charge in [-0.25, -0.2) is 14.3 Å². The highest BCUT2D eigenvalue weighted by Crippen LogP contribution is 2.27. The lowest BCUT2D eigenvalue weighted by Gasteiger charge is -2.10. The molecule has 0 atom stereocenters. The van der Waals surface area contributed by atoms with E-state index in [2.05, 4.69) is 27.0 Å². The maximum Gasteiger partial charge on any atom is 0.453 e. The third-order valence-electron chi connectivity index (χ3n) is 3.91. The molecule has 0 aliphatic rings. The fourth-order valence-corrected chi connectivity index (χ4v) is 2.51. The minimum absolute atomic E-state index is 0.0993. The fraction of sp³-hybridized carbons (Fsp3) is 0.412. The van der Waals surface area contributed by atoms with E-state index in [-0.39, 0.29) is 25.2 Å². The van der Waals surface area contributed by atoms with Crippen LogP contribution in [-0.4, -0.2) is 50.6 Å². The summed E-state index contributed by atoms with van der Waals surface area (Å²) < 4.78 is 44.2. The first-order valence-electron chi connectivity index (χ1n) is 8.67. The molecule has 2 aromatic heterocycles. The second-order valence-corrected chi connectivity index (χ2v) is 6.11. The zero-order valence-corrected chi connectivity index (χ0v) is 16.2. The molecule has 0 bridgehead atoms. The van der Waals surface area contributed by atoms with Gasteiger partial charge in [-0.05, 0) is 25.8 Å². The molecule has 30 heavy (non-hydrogen) atoms. The molecule has 13 heteroatoms. The Morgan fingerprint density at radius 1 is 1.23 bits per heavy atom. The number of nitrogens with zero attached hydrogens (tertiary/aromatic N) is 4. The number of hydrogen-bond donors (Lipinski definition) is 2. The van der Waals surface area contributed by atoms with Crippen molar-refractivity contribution < 1.29 is 32.3 Å². The summed E-state index contributed by atoms with van der Waals surface area (Å²) >= 11 is 0. The topological polar surface area (TPSA) is 128 Å². The van der Waals surface area contributed by atoms with Gasteiger partial charge in [-0.3, -0.25) is 14.9 Å². The highest BCUT2D eigenvalue weighted by molar-refractivity contribution is 5.95. The van der Waals surface area contributed by atoms with Crippen LogP contribution in [0, 0.1) is 13.8 Å². The predicted octanol–water partition coefficient (Wildman–Crippen LogP) is 1.25. The van der Waals surface area contributed by atoms with Gasteiger partial charge in [0.2, 0.25) is 0 Å². The maximum absolute atomic E-state index is 12.8. The lowest BCUT2D eigenvalue weighted by atomic mass is 10.1. The summed E-state index contributed by atoms with van der Waals surface area (Å²) in [4.78, 5) is 42.1. The number of urea groups is 1. The first kappa shape index (κ1) is 22.8. The highest BCUT2D eigenvalue weighted by Gasteiger charge is 2.37. The predicted molar refractivity (Wildman–Crippen MR) is 96.3 cm³/mol. The Hall–Kier alpha value is -3.51. The molecule has 2 rings (SSSR count). The lowest BCUT2D eigenvalue weighted by molar-refractivity contribution is -0.148. The van der Waals surface area contributed by atoms with Crippen molar-refractivity contribution in [2.75, 3.05) is 13.2 Å². The molecule has 2 heterocycles. The Labute approximate surface area is 168 Å². The number of imide groups is 1. The monoisotopic (exact) mass is 428 g/mol. The first-order valence-corrected chi connectivity index (χ1v) is 8.67. The number of esters is 1. The second kappa shape index (κ2) is 9.33. The molecule has 0 unspecified atom stereocenters. The van der Waals surface area contributed by atoms with Crippen molar-refractivity contribution in [2.24, 2.45) is 0 Å². The van der Waals surface area contributed by atoms with Gasteiger partial charge in [-0.2, -0.15) is 18.2 Å². The van der Waals surface area contributed by atoms with E-state index in [4.69, 9.17) is 4.74 Å². The second-order valence-electron chi connectivity index (χ2n) is 6.11. The minimum atomic E-state index is -4.71. The van der Waals surface area contributed by atoms with Crippen LogP contribution < -0.4 is 10.6 Å². The molecule has 162 valence electrons. The van der Waals surface area contributed by atoms with Crippen LogP contribution in [0.25, 0.3) is 5.78 Å². The third-order valence-corrected chi connectivity index (χ3v) is 3.91. The molecule has 0 saturated heterocycles. The summed E-state index contributed by atoms with van der Waals surface area (Å²) in [6.07, 6.45) is -3.35. The van der Waals surface area contributed by atoms with Gasteiger partial charge in [0.25, 0.3) is 17.5 Å². The minimum Gasteiger partial charge on any atom is -0.456 e. The molecule has 0 aliphatic carbocycles. The number of amides is 3. The van der Waals surface area contributed by atoms with Gasteiger partial charge in [0, 0.05) is 24.4 Å². The van der Waals surface area contributed by atoms with Crippen LogP contribution in [0.3, 0.4) is 0 Å². The van der Waals surface area contributed by atoms with Crippen molar-refractivity contribution in [1.29, 1.82) is 0 Å². The molecule has 3 amide bonds. The third kappa shape index (κ3) is 5.75. The molecule has 10 nitrogen and oxygen atoms in total. The number of alkyl halides is 3. The largest absolute Gasteiger partial charge is 0.456 e. The average Bonchev–Trinajstić information content (AvgIpc) is 3.09. The molecule has 0 radical (unpaired) electrons. The Balaban J connectivity index is 1.96. The van der Waals surface area contributed by atoms with Gasteiger partial charge in [-0.1, -0.05) is 6.08 Å². The van der Waals surface area contributed by atoms with E-state index < -0.39 is 36.5 Å². The molecular weight excluding hydrogens is 409 g/mol. The number of hydrogen-bond acceptors (Lipinski definition) is 7. The van der Waals surface area contributed by atoms with E-state index in [1.54, 1.807) is 6.92 Å². The van der Waals surface area contributed by atoms with Crippen LogP contribution in [-0.2, 0) is 26.9 Å². The molecule has 0 spiro atoms. The summed E-state index contributed by atoms with van der Waals surface area (Å²) in [5.74, 6) is -3.06. The molecule has 0 aliphatic heterocycles. The average molecular weight is 428 g/mol. The zero-order chi connectivity index (χ0) is 22.5. The Morgan fingerprint density at radius 3 is 2.57 bits per heavy atom. The van der Waals surface area contributed by atoms with Crippen LogP contribution in [0.15, 0.2) is 12.7 Å². The number of rotatable bonds is 7. The smallest absolute Gasteiger partial charge is 0.453 e. The van der Waals surface area contributed by atoms with Crippen molar-refractivity contribution in [1.82, 2.24) is 30.2 Å². The van der Waals surface area contributed by atoms with E-state index in [1.807, 2.05) is 5.32 Å². The van der Waals surface area contributed by atoms with Crippen molar-refractivity contribution in [3.05, 3.63) is 35.4 Å². The van der Waals surface area contributed by atoms with Crippen LogP contribution in [0.2, 0.25) is 0 Å². The van der Waals surface area contributed by atoms with Gasteiger partial charge >= 0.3 is 18.2 Å². The Morgan fingerprint density at radius 2 is 1.93 bits per heavy atom. The van der Waals surface area contributed by atoms with E-state index in [1.165, 1.54) is 13.0 Å². The normalized spacial score (nSPS) is 11.2. The van der Waals surface area contributed by atoms with Crippen LogP contribution >= 0.6 is 0 Å². The fourth-order valence-electron chi connectivity index (χ4n) is 2.51. The van der Waals surface area contributed by atoms with E-state index in [0.29, 0.717) is 17.0 Å². The lowest BCUT2D eigenvalue weighted by Crippen LogP contribution is -2.41. The standard InChI is InChI=1S/C17H19F3N6O4/c1-4-7-21-16(29)23-12(27)8-30-13(28)6-5-11-9(2)22-15-24-14(17(18,19)20)25-26(15)10(11)3/h4H,1,5-8H2,2-3H3,(H2,21,23,27,29). The molecule has 2 N–H and O–H groups in total. The van der Waals surface area contributed by atoms with Crippen molar-refractivity contribution in [3.8, 4) is 0 Å². The number of carbonyl (C=O) groups is 3. The van der Waals surface area contributed by atoms with Crippen molar-refractivity contribution in [3.63, 3.8) is 0 Å². The first-order chi connectivity index (χ1) is 14.0. The summed E-state index contributed by atoms with van der Waals surface area (Å²) in [6.45, 7) is 6.01. The van der Waals surface area contributed by atoms with Crippen LogP contribution in [0.5, 0.6) is 0 Å². The summed E-state index contributed by atoms with van der Waals surface area (Å²) in [5, 5.41) is 7.70. The highest BCUT2D eigenvalue weighted by atomic mass is 19.4. The van der Waals surface area contributed by atoms with Crippen molar-refractivity contribution >= 4 is 23.7 Å². The Kier molecular flexibility index (Phi) is 7.08. The number of carbonyl (C=O) groups excluding carboxylic acids is 3. The van der Waals surface area contributed by atoms with E-state index >= 15 is 0 Å². The molecule has 0 fully saturated rings. The number of nitrogens with one attached hydrogen (secondary N) is 2. The summed E-state index contributed by atoms with van der Waals surface area (Å²) in [6, 6.07) is -0.757. The zero-order valence-electron chi connectivity index (χ0n) is 16.2. The van der Waals surface area contributed by atoms with Gasteiger partial charge in [-0.15, -0.1) is 11.7 Å². The number of aryl methyl sites for hydroxylation is 2. The molecular formula is C17H19F3N6O4. The number of aromatic nitrogens is 4. The number of halogens is 3. The molecule has 0 aromatic carbocycles. The van der Waals surface area contributed by atoms with Crippen molar-refractivity contribution in [2.45, 2.75) is 32.9 Å². The van der Waals surface area contributed by atoms with Gasteiger partial charge in [0.1, 0.15) is 0 Å². The van der Waals surface area contributed by atoms with E-state index in [0.717, 1.165) is 4.52 Å². The van der Waals surface area contributed by atoms with Gasteiger partial charge in [0.15, 0.2) is 6.61 Å². The van der Waals surface area contributed by atoms with Gasteiger partial charge < -0.3 is 10.1 Å². The maximum atomic E-state index is 12.8. The summed E-state index contributed by atoms with van der Waals surface area (Å²) in [7, 11) is 0. The molecule has 0 saturated carbocycles. The Bertz CT molecular complexity index is 986. The van der Waals surface area contributed by atoms with Crippen LogP contribution in [0.4, 0.5) is 18.0 Å². The number of fused-ring (bicyclic) bond motifs is 1. The SMILES string of the molecule is C=CCNC(=O)NC(=O)COC(=O)CCc1c(C)nc2nc(C(F)(F)F)nn2c1C. The van der Waals surface area contributed by atoms with Gasteiger partial charge in [0.05, 0.1) is 0 Å². The van der Waals surface area contributed by atoms with E-state index in [9.17, 15) is 27.6 Å². The summed E-state index contributed by atoms with van der Waals surface area (Å²) in [5.41, 5.74) is 1.25. The quantitative estimate of drug-likeness (QED) is 0.502.